The maximum atomic E-state index is 4.72. The maximum absolute atomic E-state index is 4.72. The summed E-state index contributed by atoms with van der Waals surface area (Å²) in [4.78, 5) is 4.72. The summed E-state index contributed by atoms with van der Waals surface area (Å²) < 4.78 is 0. The van der Waals surface area contributed by atoms with Gasteiger partial charge in [0.05, 0.1) is 6.04 Å². The van der Waals surface area contributed by atoms with E-state index in [2.05, 4.69) is 32.3 Å². The first kappa shape index (κ1) is 13.2. The summed E-state index contributed by atoms with van der Waals surface area (Å²) in [5, 5.41) is 4.64. The molecular weight excluding hydrogens is 224 g/mol. The van der Waals surface area contributed by atoms with Gasteiger partial charge in [0.2, 0.25) is 0 Å². The molecule has 1 N–H and O–H groups in total. The Labute approximate surface area is 102 Å². The summed E-state index contributed by atoms with van der Waals surface area (Å²) in [6, 6.07) is 0.446. The molecule has 0 aromatic rings. The molecule has 1 aliphatic rings. The molecule has 0 saturated carbocycles. The second-order valence-corrected chi connectivity index (χ2v) is 6.74. The lowest BCUT2D eigenvalue weighted by Gasteiger charge is -2.32. The van der Waals surface area contributed by atoms with Crippen molar-refractivity contribution in [2.75, 3.05) is 17.8 Å². The van der Waals surface area contributed by atoms with Crippen molar-refractivity contribution >= 4 is 28.7 Å². The van der Waals surface area contributed by atoms with E-state index in [1.165, 1.54) is 24.3 Å². The van der Waals surface area contributed by atoms with Gasteiger partial charge in [-0.15, -0.1) is 0 Å². The summed E-state index contributed by atoms with van der Waals surface area (Å²) in [5.41, 5.74) is 0.226. The number of aliphatic imine (C=N–C) groups is 1. The molecule has 0 bridgehead atoms. The number of nitrogens with one attached hydrogen (secondary N) is 1. The van der Waals surface area contributed by atoms with Crippen LogP contribution in [0.3, 0.4) is 0 Å². The maximum Gasteiger partial charge on any atom is 0.157 e. The molecule has 1 rings (SSSR count). The molecule has 2 nitrogen and oxygen atoms in total. The number of nitrogens with zero attached hydrogens (tertiary/aromatic N) is 1. The minimum Gasteiger partial charge on any atom is -0.360 e. The van der Waals surface area contributed by atoms with E-state index in [0.717, 1.165) is 5.17 Å². The van der Waals surface area contributed by atoms with Crippen molar-refractivity contribution in [1.82, 2.24) is 5.32 Å². The van der Waals surface area contributed by atoms with Crippen LogP contribution in [0.25, 0.3) is 0 Å². The van der Waals surface area contributed by atoms with Gasteiger partial charge in [-0.25, -0.2) is 0 Å². The smallest absolute Gasteiger partial charge is 0.157 e. The molecule has 1 aliphatic heterocycles. The number of rotatable bonds is 4. The summed E-state index contributed by atoms with van der Waals surface area (Å²) in [6.45, 7) is 6.69. The van der Waals surface area contributed by atoms with Crippen molar-refractivity contribution in [3.63, 3.8) is 0 Å². The van der Waals surface area contributed by atoms with E-state index in [-0.39, 0.29) is 5.54 Å². The molecule has 1 saturated heterocycles. The van der Waals surface area contributed by atoms with Gasteiger partial charge in [-0.3, -0.25) is 4.99 Å². The first-order valence-electron chi connectivity index (χ1n) is 5.51. The summed E-state index contributed by atoms with van der Waals surface area (Å²) in [6.07, 6.45) is 4.54. The largest absolute Gasteiger partial charge is 0.360 e. The second-order valence-electron chi connectivity index (χ2n) is 4.67. The average Bonchev–Trinajstić information content (AvgIpc) is 2.13. The van der Waals surface area contributed by atoms with E-state index in [0.29, 0.717) is 6.04 Å². The molecule has 0 amide bonds. The Hall–Kier alpha value is 0.170. The van der Waals surface area contributed by atoms with Crippen molar-refractivity contribution in [3.8, 4) is 0 Å². The number of thioether (sulfide) groups is 2. The van der Waals surface area contributed by atoms with E-state index in [1.807, 2.05) is 23.5 Å². The molecular formula is C11H22N2S2. The van der Waals surface area contributed by atoms with Gasteiger partial charge in [0, 0.05) is 11.3 Å². The van der Waals surface area contributed by atoms with Crippen LogP contribution in [-0.2, 0) is 0 Å². The number of hydrogen-bond donors (Lipinski definition) is 1. The molecule has 0 aromatic heterocycles. The molecule has 0 spiro atoms. The lowest BCUT2D eigenvalue weighted by atomic mass is 10.0. The van der Waals surface area contributed by atoms with Gasteiger partial charge in [0.15, 0.2) is 5.17 Å². The highest BCUT2D eigenvalue weighted by molar-refractivity contribution is 8.13. The fourth-order valence-electron chi connectivity index (χ4n) is 1.41. The Morgan fingerprint density at radius 2 is 2.33 bits per heavy atom. The van der Waals surface area contributed by atoms with E-state index >= 15 is 0 Å². The van der Waals surface area contributed by atoms with Gasteiger partial charge in [-0.05, 0) is 45.6 Å². The van der Waals surface area contributed by atoms with E-state index in [1.54, 1.807) is 0 Å². The monoisotopic (exact) mass is 246 g/mol. The first-order valence-corrected chi connectivity index (χ1v) is 7.89. The predicted molar refractivity (Wildman–Crippen MR) is 74.2 cm³/mol. The second kappa shape index (κ2) is 6.04. The topological polar surface area (TPSA) is 24.4 Å². The Bertz CT molecular complexity index is 227. The summed E-state index contributed by atoms with van der Waals surface area (Å²) >= 11 is 3.75. The lowest BCUT2D eigenvalue weighted by Crippen LogP contribution is -2.46. The number of hydrogen-bond acceptors (Lipinski definition) is 3. The Balaban J connectivity index is 2.44. The molecule has 15 heavy (non-hydrogen) atoms. The van der Waals surface area contributed by atoms with Crippen LogP contribution in [0, 0.1) is 0 Å². The third-order valence-corrected chi connectivity index (χ3v) is 4.02. The van der Waals surface area contributed by atoms with Crippen LogP contribution in [0.4, 0.5) is 0 Å². The van der Waals surface area contributed by atoms with Crippen molar-refractivity contribution in [1.29, 1.82) is 0 Å². The minimum absolute atomic E-state index is 0.226. The van der Waals surface area contributed by atoms with Gasteiger partial charge in [0.25, 0.3) is 0 Å². The lowest BCUT2D eigenvalue weighted by molar-refractivity contribution is 0.445. The van der Waals surface area contributed by atoms with Crippen molar-refractivity contribution < 1.29 is 0 Å². The van der Waals surface area contributed by atoms with Gasteiger partial charge >= 0.3 is 0 Å². The van der Waals surface area contributed by atoms with E-state index < -0.39 is 0 Å². The van der Waals surface area contributed by atoms with Gasteiger partial charge in [0.1, 0.15) is 0 Å². The molecule has 4 heteroatoms. The zero-order valence-corrected chi connectivity index (χ0v) is 11.8. The molecule has 88 valence electrons. The van der Waals surface area contributed by atoms with Crippen LogP contribution in [0.5, 0.6) is 0 Å². The summed E-state index contributed by atoms with van der Waals surface area (Å²) in [5.74, 6) is 2.39. The highest BCUT2D eigenvalue weighted by Gasteiger charge is 2.24. The molecule has 0 radical (unpaired) electrons. The molecule has 1 unspecified atom stereocenters. The van der Waals surface area contributed by atoms with Crippen molar-refractivity contribution in [2.24, 2.45) is 4.99 Å². The fraction of sp³-hybridized carbons (Fsp3) is 0.909. The first-order chi connectivity index (χ1) is 7.03. The highest BCUT2D eigenvalue weighted by atomic mass is 32.2. The van der Waals surface area contributed by atoms with Gasteiger partial charge < -0.3 is 5.32 Å². The zero-order valence-electron chi connectivity index (χ0n) is 10.2. The molecule has 1 fully saturated rings. The van der Waals surface area contributed by atoms with Gasteiger partial charge in [-0.1, -0.05) is 11.8 Å². The SMILES string of the molecule is CSCCC(C)N=C1NC(C)(C)CCS1. The van der Waals surface area contributed by atoms with Crippen molar-refractivity contribution in [2.45, 2.75) is 45.2 Å². The van der Waals surface area contributed by atoms with Crippen LogP contribution >= 0.6 is 23.5 Å². The Morgan fingerprint density at radius 1 is 1.60 bits per heavy atom. The normalized spacial score (nSPS) is 24.9. The third kappa shape index (κ3) is 5.16. The highest BCUT2D eigenvalue weighted by Crippen LogP contribution is 2.22. The van der Waals surface area contributed by atoms with Crippen LogP contribution < -0.4 is 5.32 Å². The van der Waals surface area contributed by atoms with Crippen LogP contribution in [0.2, 0.25) is 0 Å². The minimum atomic E-state index is 0.226. The molecule has 0 aromatic carbocycles. The van der Waals surface area contributed by atoms with Crippen LogP contribution in [0.15, 0.2) is 4.99 Å². The third-order valence-electron chi connectivity index (χ3n) is 2.49. The van der Waals surface area contributed by atoms with E-state index in [4.69, 9.17) is 4.99 Å². The predicted octanol–water partition coefficient (Wildman–Crippen LogP) is 2.99. The van der Waals surface area contributed by atoms with E-state index in [9.17, 15) is 0 Å². The average molecular weight is 246 g/mol. The molecule has 1 heterocycles. The Morgan fingerprint density at radius 3 is 2.93 bits per heavy atom. The molecule has 1 atom stereocenters. The standard InChI is InChI=1S/C11H22N2S2/c1-9(5-7-14-4)12-10-13-11(2,3)6-8-15-10/h9H,5-8H2,1-4H3,(H,12,13). The van der Waals surface area contributed by atoms with Crippen LogP contribution in [-0.4, -0.2) is 34.5 Å². The quantitative estimate of drug-likeness (QED) is 0.825. The summed E-state index contributed by atoms with van der Waals surface area (Å²) in [7, 11) is 0. The van der Waals surface area contributed by atoms with Gasteiger partial charge in [-0.2, -0.15) is 11.8 Å². The molecule has 0 aliphatic carbocycles. The van der Waals surface area contributed by atoms with Crippen LogP contribution in [0.1, 0.15) is 33.6 Å². The zero-order chi connectivity index (χ0) is 11.3. The van der Waals surface area contributed by atoms with Crippen molar-refractivity contribution in [3.05, 3.63) is 0 Å². The fourth-order valence-corrected chi connectivity index (χ4v) is 3.40. The Kier molecular flexibility index (Phi) is 5.33. The number of amidine groups is 1.